The highest BCUT2D eigenvalue weighted by atomic mass is 79.9. The largest absolute Gasteiger partial charge is 0.354 e. The summed E-state index contributed by atoms with van der Waals surface area (Å²) in [4.78, 5) is 23.2. The van der Waals surface area contributed by atoms with E-state index < -0.39 is 0 Å². The van der Waals surface area contributed by atoms with E-state index in [2.05, 4.69) is 183 Å². The lowest BCUT2D eigenvalue weighted by Gasteiger charge is -2.30. The van der Waals surface area contributed by atoms with Crippen molar-refractivity contribution < 1.29 is 9.47 Å². The molecule has 1 saturated heterocycles. The van der Waals surface area contributed by atoms with E-state index >= 15 is 0 Å². The number of aromatic nitrogens is 6. The summed E-state index contributed by atoms with van der Waals surface area (Å²) in [5.41, 5.74) is 6.90. The second kappa shape index (κ2) is 14.3. The zero-order valence-electron chi connectivity index (χ0n) is 31.4. The van der Waals surface area contributed by atoms with Crippen molar-refractivity contribution in [2.75, 3.05) is 0 Å². The molecule has 9 heteroatoms. The number of hydrogen-bond acceptors (Lipinski definition) is 6. The summed E-state index contributed by atoms with van der Waals surface area (Å²) >= 11 is 3.14. The monoisotopic (exact) mass is 798 g/mol. The molecule has 5 heterocycles. The van der Waals surface area contributed by atoms with Gasteiger partial charge in [0.05, 0.1) is 29.3 Å². The van der Waals surface area contributed by atoms with Gasteiger partial charge in [-0.2, -0.15) is 0 Å². The zero-order chi connectivity index (χ0) is 38.4. The van der Waals surface area contributed by atoms with Crippen LogP contribution < -0.4 is 0 Å². The van der Waals surface area contributed by atoms with Gasteiger partial charge in [-0.15, -0.1) is 0 Å². The van der Waals surface area contributed by atoms with Crippen molar-refractivity contribution in [3.8, 4) is 11.3 Å². The first-order valence-electron chi connectivity index (χ1n) is 18.5. The van der Waals surface area contributed by atoms with Crippen LogP contribution in [0.4, 0.5) is 0 Å². The van der Waals surface area contributed by atoms with Crippen LogP contribution in [0.25, 0.3) is 76.4 Å². The molecule has 0 amide bonds. The van der Waals surface area contributed by atoms with Crippen molar-refractivity contribution in [1.29, 1.82) is 0 Å². The molecule has 11 rings (SSSR count). The Kier molecular flexibility index (Phi) is 9.08. The first kappa shape index (κ1) is 35.7. The Morgan fingerprint density at radius 3 is 1.62 bits per heavy atom. The summed E-state index contributed by atoms with van der Waals surface area (Å²) in [6, 6.07) is 38.6. The van der Waals surface area contributed by atoms with Gasteiger partial charge in [-0.25, -0.2) is 4.98 Å². The molecular formula is C47H39BrN6O2. The molecule has 1 fully saturated rings. The summed E-state index contributed by atoms with van der Waals surface area (Å²) in [7, 11) is 0. The molecule has 1 aliphatic heterocycles. The van der Waals surface area contributed by atoms with E-state index in [0.29, 0.717) is 0 Å². The Morgan fingerprint density at radius 1 is 0.536 bits per heavy atom. The molecule has 2 N–H and O–H groups in total. The van der Waals surface area contributed by atoms with E-state index in [0.717, 1.165) is 43.5 Å². The summed E-state index contributed by atoms with van der Waals surface area (Å²) in [5, 5.41) is 10.1. The Morgan fingerprint density at radius 2 is 1.09 bits per heavy atom. The molecule has 1 aliphatic rings. The van der Waals surface area contributed by atoms with Crippen LogP contribution in [-0.2, 0) is 9.47 Å². The van der Waals surface area contributed by atoms with Crippen molar-refractivity contribution in [3.63, 3.8) is 0 Å². The number of nitrogens with one attached hydrogen (secondary N) is 2. The number of ether oxygens (including phenoxy) is 2. The molecule has 276 valence electrons. The Balaban J connectivity index is 0.000000126. The van der Waals surface area contributed by atoms with Crippen LogP contribution in [0.15, 0.2) is 151 Å². The zero-order valence-corrected chi connectivity index (χ0v) is 33.0. The molecular weight excluding hydrogens is 760 g/mol. The summed E-state index contributed by atoms with van der Waals surface area (Å²) in [5.74, 6) is 0. The Bertz CT molecular complexity index is 3000. The number of hydrogen-bond donors (Lipinski definition) is 2. The molecule has 56 heavy (non-hydrogen) atoms. The fourth-order valence-electron chi connectivity index (χ4n) is 7.39. The van der Waals surface area contributed by atoms with Crippen LogP contribution in [-0.4, -0.2) is 41.1 Å². The van der Waals surface area contributed by atoms with Crippen LogP contribution >= 0.6 is 15.9 Å². The second-order valence-corrected chi connectivity index (χ2v) is 15.8. The molecule has 0 unspecified atom stereocenters. The van der Waals surface area contributed by atoms with Gasteiger partial charge in [0.15, 0.2) is 6.29 Å². The minimum absolute atomic E-state index is 0.330. The first-order chi connectivity index (χ1) is 27.1. The average Bonchev–Trinajstić information content (AvgIpc) is 3.86. The van der Waals surface area contributed by atoms with E-state index in [9.17, 15) is 0 Å². The average molecular weight is 800 g/mol. The van der Waals surface area contributed by atoms with Gasteiger partial charge in [-0.3, -0.25) is 15.0 Å². The highest BCUT2D eigenvalue weighted by molar-refractivity contribution is 9.10. The Labute approximate surface area is 332 Å². The van der Waals surface area contributed by atoms with Gasteiger partial charge in [0.2, 0.25) is 0 Å². The maximum Gasteiger partial charge on any atom is 0.185 e. The third kappa shape index (κ3) is 6.57. The Hall–Kier alpha value is -6.00. The third-order valence-corrected chi connectivity index (χ3v) is 11.3. The molecule has 8 nitrogen and oxygen atoms in total. The van der Waals surface area contributed by atoms with Gasteiger partial charge < -0.3 is 19.4 Å². The molecule has 0 radical (unpaired) electrons. The predicted molar refractivity (Wildman–Crippen MR) is 230 cm³/mol. The third-order valence-electron chi connectivity index (χ3n) is 10.9. The maximum atomic E-state index is 6.21. The minimum Gasteiger partial charge on any atom is -0.354 e. The molecule has 10 aromatic rings. The van der Waals surface area contributed by atoms with Crippen LogP contribution in [0, 0.1) is 0 Å². The van der Waals surface area contributed by atoms with E-state index in [4.69, 9.17) is 9.47 Å². The van der Waals surface area contributed by atoms with E-state index in [-0.39, 0.29) is 17.5 Å². The standard InChI is InChI=1S/C23H23NO2.C20H13N3.C4H3BrN2/c1-22(2)23(3,4)26-21(25-22)15-9-11-17-19(13-15)24-18-12-10-14-7-5-6-8-16(14)20(17)18;1-2-4-15-13(3-1)6-8-17-20(15)16-7-5-14(11-18(16)23-17)19-12-21-9-10-22-19;5-4-3-6-1-2-7-4/h5-13,21,24H,1-4H3;1-12,23H;1-3H. The molecule has 0 spiro atoms. The summed E-state index contributed by atoms with van der Waals surface area (Å²) < 4.78 is 13.2. The molecule has 0 bridgehead atoms. The first-order valence-corrected chi connectivity index (χ1v) is 19.3. The van der Waals surface area contributed by atoms with E-state index in [1.807, 2.05) is 0 Å². The SMILES string of the molecule is Brc1cnccn1.CC1(C)OC(c2ccc3c(c2)[nH]c2ccc4ccccc4c23)OC1(C)C.c1ccc2c(c1)ccc1[nH]c3cc(-c4cnccn4)ccc3c12. The molecule has 4 aromatic heterocycles. The lowest BCUT2D eigenvalue weighted by atomic mass is 9.90. The normalized spacial score (nSPS) is 14.9. The van der Waals surface area contributed by atoms with Crippen LogP contribution in [0.2, 0.25) is 0 Å². The highest BCUT2D eigenvalue weighted by Gasteiger charge is 2.49. The van der Waals surface area contributed by atoms with E-state index in [1.165, 1.54) is 43.1 Å². The number of fused-ring (bicyclic) bond motifs is 10. The van der Waals surface area contributed by atoms with Crippen LogP contribution in [0.1, 0.15) is 39.5 Å². The van der Waals surface area contributed by atoms with Crippen molar-refractivity contribution in [1.82, 2.24) is 29.9 Å². The summed E-state index contributed by atoms with van der Waals surface area (Å²) in [6.07, 6.45) is 9.76. The number of rotatable bonds is 2. The fraction of sp³-hybridized carbons (Fsp3) is 0.149. The van der Waals surface area contributed by atoms with Gasteiger partial charge in [0, 0.05) is 79.5 Å². The van der Waals surface area contributed by atoms with Crippen LogP contribution in [0.3, 0.4) is 0 Å². The van der Waals surface area contributed by atoms with Crippen LogP contribution in [0.5, 0.6) is 0 Å². The molecule has 0 atom stereocenters. The highest BCUT2D eigenvalue weighted by Crippen LogP contribution is 2.45. The quantitative estimate of drug-likeness (QED) is 0.181. The smallest absolute Gasteiger partial charge is 0.185 e. The predicted octanol–water partition coefficient (Wildman–Crippen LogP) is 12.2. The summed E-state index contributed by atoms with van der Waals surface area (Å²) in [6.45, 7) is 8.34. The lowest BCUT2D eigenvalue weighted by molar-refractivity contribution is -0.0895. The van der Waals surface area contributed by atoms with Gasteiger partial charge in [0.25, 0.3) is 0 Å². The number of halogens is 1. The van der Waals surface area contributed by atoms with Gasteiger partial charge in [-0.05, 0) is 89.4 Å². The van der Waals surface area contributed by atoms with Crippen molar-refractivity contribution in [3.05, 3.63) is 157 Å². The van der Waals surface area contributed by atoms with Gasteiger partial charge in [0.1, 0.15) is 4.60 Å². The lowest BCUT2D eigenvalue weighted by Crippen LogP contribution is -2.41. The minimum atomic E-state index is -0.340. The second-order valence-electron chi connectivity index (χ2n) is 14.9. The van der Waals surface area contributed by atoms with Crippen molar-refractivity contribution >= 4 is 81.1 Å². The number of H-pyrrole nitrogens is 2. The molecule has 6 aromatic carbocycles. The fourth-order valence-corrected chi connectivity index (χ4v) is 7.62. The van der Waals surface area contributed by atoms with Gasteiger partial charge in [-0.1, -0.05) is 84.9 Å². The van der Waals surface area contributed by atoms with Crippen molar-refractivity contribution in [2.45, 2.75) is 45.2 Å². The topological polar surface area (TPSA) is 102 Å². The van der Waals surface area contributed by atoms with Crippen molar-refractivity contribution in [2.24, 2.45) is 0 Å². The molecule has 0 aliphatic carbocycles. The molecule has 0 saturated carbocycles. The number of nitrogens with zero attached hydrogens (tertiary/aromatic N) is 4. The van der Waals surface area contributed by atoms with Gasteiger partial charge >= 0.3 is 0 Å². The number of aromatic amines is 2. The maximum absolute atomic E-state index is 6.21. The number of benzene rings is 6. The van der Waals surface area contributed by atoms with E-state index in [1.54, 1.807) is 37.2 Å².